The van der Waals surface area contributed by atoms with Crippen LogP contribution in [0.1, 0.15) is 32.6 Å². The van der Waals surface area contributed by atoms with Crippen LogP contribution in [0.3, 0.4) is 0 Å². The van der Waals surface area contributed by atoms with E-state index in [1.165, 1.54) is 12.8 Å². The molecule has 0 unspecified atom stereocenters. The fraction of sp³-hybridized carbons (Fsp3) is 1.00. The molecule has 0 bridgehead atoms. The highest BCUT2D eigenvalue weighted by Gasteiger charge is 2.49. The Balaban J connectivity index is 1.79. The number of hydrogen-bond donors (Lipinski definition) is 1. The zero-order valence-corrected chi connectivity index (χ0v) is 9.13. The van der Waals surface area contributed by atoms with E-state index in [2.05, 4.69) is 4.90 Å². The minimum Gasteiger partial charge on any atom is -0.368 e. The van der Waals surface area contributed by atoms with E-state index in [0.717, 1.165) is 13.0 Å². The molecule has 0 spiro atoms. The Labute approximate surface area is 90.2 Å². The van der Waals surface area contributed by atoms with Crippen molar-refractivity contribution in [2.45, 2.75) is 63.4 Å². The lowest BCUT2D eigenvalue weighted by Crippen LogP contribution is -2.50. The number of fused-ring (bicyclic) bond motifs is 3. The molecule has 3 saturated heterocycles. The second kappa shape index (κ2) is 3.70. The number of ether oxygens (including phenoxy) is 2. The molecule has 0 aromatic heterocycles. The SMILES string of the molecule is C[C@@H]1O[C@@H](O)C[C@H]2[C@@H]1O[C@@H]1CCCCN12. The Morgan fingerprint density at radius 2 is 2.13 bits per heavy atom. The van der Waals surface area contributed by atoms with E-state index in [4.69, 9.17) is 9.47 Å². The third kappa shape index (κ3) is 1.60. The predicted molar refractivity (Wildman–Crippen MR) is 54.2 cm³/mol. The van der Waals surface area contributed by atoms with Crippen LogP contribution in [0.15, 0.2) is 0 Å². The highest BCUT2D eigenvalue weighted by molar-refractivity contribution is 4.96. The summed E-state index contributed by atoms with van der Waals surface area (Å²) in [5.41, 5.74) is 0. The van der Waals surface area contributed by atoms with E-state index in [9.17, 15) is 5.11 Å². The van der Waals surface area contributed by atoms with Gasteiger partial charge in [0.25, 0.3) is 0 Å². The van der Waals surface area contributed by atoms with Crippen LogP contribution in [-0.4, -0.2) is 47.3 Å². The van der Waals surface area contributed by atoms with Gasteiger partial charge < -0.3 is 14.6 Å². The Kier molecular flexibility index (Phi) is 2.47. The third-order valence-corrected chi connectivity index (χ3v) is 3.88. The number of piperidine rings is 1. The summed E-state index contributed by atoms with van der Waals surface area (Å²) in [6, 6.07) is 0.369. The molecule has 1 N–H and O–H groups in total. The van der Waals surface area contributed by atoms with Gasteiger partial charge in [-0.25, -0.2) is 0 Å². The van der Waals surface area contributed by atoms with Gasteiger partial charge in [0.05, 0.1) is 6.10 Å². The molecule has 3 aliphatic heterocycles. The fourth-order valence-corrected chi connectivity index (χ4v) is 3.19. The lowest BCUT2D eigenvalue weighted by atomic mass is 9.98. The third-order valence-electron chi connectivity index (χ3n) is 3.88. The van der Waals surface area contributed by atoms with Crippen molar-refractivity contribution < 1.29 is 14.6 Å². The lowest BCUT2D eigenvalue weighted by Gasteiger charge is -2.37. The average Bonchev–Trinajstić information content (AvgIpc) is 2.57. The first-order chi connectivity index (χ1) is 7.25. The van der Waals surface area contributed by atoms with Crippen molar-refractivity contribution in [2.75, 3.05) is 6.54 Å². The standard InChI is InChI=1S/C11H19NO3/c1-7-11-8(6-10(13)14-7)12-5-3-2-4-9(12)15-11/h7-11,13H,2-6H2,1H3/t7-,8-,9+,10+,11+/m0/s1. The second-order valence-corrected chi connectivity index (χ2v) is 4.89. The van der Waals surface area contributed by atoms with Crippen molar-refractivity contribution in [3.05, 3.63) is 0 Å². The summed E-state index contributed by atoms with van der Waals surface area (Å²) >= 11 is 0. The Bertz CT molecular complexity index is 246. The van der Waals surface area contributed by atoms with Gasteiger partial charge in [-0.3, -0.25) is 4.90 Å². The smallest absolute Gasteiger partial charge is 0.156 e. The summed E-state index contributed by atoms with van der Waals surface area (Å²) in [4.78, 5) is 2.43. The van der Waals surface area contributed by atoms with Gasteiger partial charge in [-0.15, -0.1) is 0 Å². The molecular formula is C11H19NO3. The Morgan fingerprint density at radius 3 is 3.00 bits per heavy atom. The summed E-state index contributed by atoms with van der Waals surface area (Å²) < 4.78 is 11.4. The monoisotopic (exact) mass is 213 g/mol. The summed E-state index contributed by atoms with van der Waals surface area (Å²) in [6.45, 7) is 3.11. The maximum Gasteiger partial charge on any atom is 0.156 e. The van der Waals surface area contributed by atoms with Gasteiger partial charge in [-0.2, -0.15) is 0 Å². The van der Waals surface area contributed by atoms with Crippen LogP contribution in [0, 0.1) is 0 Å². The number of hydrogen-bond acceptors (Lipinski definition) is 4. The maximum atomic E-state index is 9.61. The predicted octanol–water partition coefficient (Wildman–Crippen LogP) is 0.693. The van der Waals surface area contributed by atoms with Crippen LogP contribution in [0.5, 0.6) is 0 Å². The molecule has 0 aliphatic carbocycles. The lowest BCUT2D eigenvalue weighted by molar-refractivity contribution is -0.199. The van der Waals surface area contributed by atoms with Gasteiger partial charge in [-0.05, 0) is 26.2 Å². The average molecular weight is 213 g/mol. The van der Waals surface area contributed by atoms with Gasteiger partial charge in [0.15, 0.2) is 6.29 Å². The molecule has 0 aromatic rings. The first kappa shape index (κ1) is 10.0. The molecule has 0 radical (unpaired) electrons. The highest BCUT2D eigenvalue weighted by Crippen LogP contribution is 2.37. The quantitative estimate of drug-likeness (QED) is 0.643. The Hall–Kier alpha value is -0.160. The summed E-state index contributed by atoms with van der Waals surface area (Å²) in [7, 11) is 0. The molecule has 4 nitrogen and oxygen atoms in total. The van der Waals surface area contributed by atoms with Crippen molar-refractivity contribution >= 4 is 0 Å². The van der Waals surface area contributed by atoms with Crippen molar-refractivity contribution in [3.63, 3.8) is 0 Å². The van der Waals surface area contributed by atoms with Gasteiger partial charge >= 0.3 is 0 Å². The zero-order valence-electron chi connectivity index (χ0n) is 9.13. The van der Waals surface area contributed by atoms with Crippen LogP contribution in [0.25, 0.3) is 0 Å². The van der Waals surface area contributed by atoms with Gasteiger partial charge in [0, 0.05) is 19.0 Å². The molecule has 0 amide bonds. The van der Waals surface area contributed by atoms with Gasteiger partial charge in [0.1, 0.15) is 12.3 Å². The van der Waals surface area contributed by atoms with Crippen LogP contribution in [0.4, 0.5) is 0 Å². The van der Waals surface area contributed by atoms with Crippen LogP contribution >= 0.6 is 0 Å². The number of aliphatic hydroxyl groups is 1. The highest BCUT2D eigenvalue weighted by atomic mass is 16.6. The molecule has 0 aromatic carbocycles. The van der Waals surface area contributed by atoms with Crippen molar-refractivity contribution in [3.8, 4) is 0 Å². The van der Waals surface area contributed by atoms with Gasteiger partial charge in [0.2, 0.25) is 0 Å². The normalized spacial score (nSPS) is 51.2. The molecular weight excluding hydrogens is 194 g/mol. The van der Waals surface area contributed by atoms with E-state index < -0.39 is 6.29 Å². The molecule has 3 rings (SSSR count). The van der Waals surface area contributed by atoms with Crippen molar-refractivity contribution in [1.82, 2.24) is 4.90 Å². The van der Waals surface area contributed by atoms with Crippen molar-refractivity contribution in [2.24, 2.45) is 0 Å². The number of aliphatic hydroxyl groups excluding tert-OH is 1. The molecule has 3 aliphatic rings. The molecule has 86 valence electrons. The Morgan fingerprint density at radius 1 is 1.27 bits per heavy atom. The molecule has 3 fully saturated rings. The van der Waals surface area contributed by atoms with Crippen LogP contribution in [-0.2, 0) is 9.47 Å². The second-order valence-electron chi connectivity index (χ2n) is 4.89. The summed E-state index contributed by atoms with van der Waals surface area (Å²) in [5, 5.41) is 9.61. The fourth-order valence-electron chi connectivity index (χ4n) is 3.19. The summed E-state index contributed by atoms with van der Waals surface area (Å²) in [5.74, 6) is 0. The van der Waals surface area contributed by atoms with Gasteiger partial charge in [-0.1, -0.05) is 0 Å². The van der Waals surface area contributed by atoms with E-state index in [0.29, 0.717) is 12.5 Å². The molecule has 15 heavy (non-hydrogen) atoms. The summed E-state index contributed by atoms with van der Waals surface area (Å²) in [6.07, 6.45) is 4.21. The first-order valence-electron chi connectivity index (χ1n) is 6.00. The molecule has 0 saturated carbocycles. The first-order valence-corrected chi connectivity index (χ1v) is 6.00. The van der Waals surface area contributed by atoms with Crippen LogP contribution < -0.4 is 0 Å². The number of nitrogens with zero attached hydrogens (tertiary/aromatic N) is 1. The van der Waals surface area contributed by atoms with E-state index >= 15 is 0 Å². The topological polar surface area (TPSA) is 41.9 Å². The minimum absolute atomic E-state index is 0.0179. The molecule has 5 atom stereocenters. The van der Waals surface area contributed by atoms with E-state index in [1.54, 1.807) is 0 Å². The largest absolute Gasteiger partial charge is 0.368 e. The van der Waals surface area contributed by atoms with E-state index in [1.807, 2.05) is 6.92 Å². The minimum atomic E-state index is -0.606. The van der Waals surface area contributed by atoms with Crippen LogP contribution in [0.2, 0.25) is 0 Å². The molecule has 4 heteroatoms. The van der Waals surface area contributed by atoms with Crippen molar-refractivity contribution in [1.29, 1.82) is 0 Å². The van der Waals surface area contributed by atoms with E-state index in [-0.39, 0.29) is 18.4 Å². The maximum absolute atomic E-state index is 9.61. The zero-order chi connectivity index (χ0) is 10.4. The number of rotatable bonds is 0. The molecule has 3 heterocycles.